The van der Waals surface area contributed by atoms with E-state index in [0.29, 0.717) is 23.0 Å². The third kappa shape index (κ3) is 4.72. The van der Waals surface area contributed by atoms with Gasteiger partial charge in [-0.3, -0.25) is 5.41 Å². The summed E-state index contributed by atoms with van der Waals surface area (Å²) in [4.78, 5) is 12.4. The van der Waals surface area contributed by atoms with Crippen LogP contribution in [-0.2, 0) is 6.54 Å². The predicted octanol–water partition coefficient (Wildman–Crippen LogP) is 3.22. The maximum Gasteiger partial charge on any atom is 0.212 e. The average molecular weight is 363 g/mol. The van der Waals surface area contributed by atoms with E-state index in [1.54, 1.807) is 55.0 Å². The molecule has 0 amide bonds. The molecule has 0 fully saturated rings. The van der Waals surface area contributed by atoms with E-state index in [2.05, 4.69) is 20.3 Å². The van der Waals surface area contributed by atoms with Crippen LogP contribution in [-0.4, -0.2) is 27.8 Å². The van der Waals surface area contributed by atoms with Crippen molar-refractivity contribution in [2.45, 2.75) is 6.54 Å². The summed E-state index contributed by atoms with van der Waals surface area (Å²) >= 11 is 0. The van der Waals surface area contributed by atoms with E-state index >= 15 is 0 Å². The SMILES string of the molecule is COc1ccc(/C(=C/C(=N)c2ncccn2)NCc2ccccc2F)cn1. The Bertz CT molecular complexity index is 942. The molecule has 1 aromatic carbocycles. The number of benzene rings is 1. The summed E-state index contributed by atoms with van der Waals surface area (Å²) in [5.74, 6) is 0.483. The number of ether oxygens (including phenoxy) is 1. The molecule has 0 aliphatic heterocycles. The first-order valence-electron chi connectivity index (χ1n) is 8.22. The Morgan fingerprint density at radius 1 is 1.11 bits per heavy atom. The quantitative estimate of drug-likeness (QED) is 0.630. The fraction of sp³-hybridized carbons (Fsp3) is 0.100. The van der Waals surface area contributed by atoms with Gasteiger partial charge in [0.05, 0.1) is 7.11 Å². The molecule has 7 heteroatoms. The molecule has 136 valence electrons. The van der Waals surface area contributed by atoms with Gasteiger partial charge in [0.25, 0.3) is 0 Å². The molecule has 0 aliphatic carbocycles. The highest BCUT2D eigenvalue weighted by Gasteiger charge is 2.09. The molecule has 2 heterocycles. The van der Waals surface area contributed by atoms with Crippen molar-refractivity contribution in [3.05, 3.63) is 89.9 Å². The summed E-state index contributed by atoms with van der Waals surface area (Å²) in [7, 11) is 1.54. The zero-order valence-electron chi connectivity index (χ0n) is 14.7. The van der Waals surface area contributed by atoms with Crippen molar-refractivity contribution < 1.29 is 9.13 Å². The molecule has 0 saturated carbocycles. The van der Waals surface area contributed by atoms with Crippen LogP contribution in [0, 0.1) is 11.2 Å². The molecule has 0 saturated heterocycles. The van der Waals surface area contributed by atoms with Gasteiger partial charge in [0.15, 0.2) is 5.82 Å². The number of nitrogens with zero attached hydrogens (tertiary/aromatic N) is 3. The van der Waals surface area contributed by atoms with Gasteiger partial charge in [0.1, 0.15) is 11.5 Å². The number of allylic oxidation sites excluding steroid dienone is 1. The van der Waals surface area contributed by atoms with Crippen LogP contribution in [0.15, 0.2) is 67.1 Å². The smallest absolute Gasteiger partial charge is 0.212 e. The van der Waals surface area contributed by atoms with E-state index < -0.39 is 0 Å². The number of aromatic nitrogens is 3. The normalized spacial score (nSPS) is 11.1. The van der Waals surface area contributed by atoms with Crippen LogP contribution in [0.5, 0.6) is 5.88 Å². The second-order valence-corrected chi connectivity index (χ2v) is 5.58. The Morgan fingerprint density at radius 2 is 1.89 bits per heavy atom. The summed E-state index contributed by atoms with van der Waals surface area (Å²) in [5, 5.41) is 11.4. The number of pyridine rings is 1. The lowest BCUT2D eigenvalue weighted by atomic mass is 10.1. The zero-order chi connectivity index (χ0) is 19.1. The van der Waals surface area contributed by atoms with Crippen LogP contribution in [0.3, 0.4) is 0 Å². The van der Waals surface area contributed by atoms with E-state index in [0.717, 1.165) is 5.56 Å². The molecule has 3 rings (SSSR count). The molecular weight excluding hydrogens is 345 g/mol. The highest BCUT2D eigenvalue weighted by Crippen LogP contribution is 2.16. The van der Waals surface area contributed by atoms with Crippen LogP contribution >= 0.6 is 0 Å². The van der Waals surface area contributed by atoms with Gasteiger partial charge < -0.3 is 10.1 Å². The van der Waals surface area contributed by atoms with Gasteiger partial charge in [-0.2, -0.15) is 0 Å². The predicted molar refractivity (Wildman–Crippen MR) is 101 cm³/mol. The van der Waals surface area contributed by atoms with Gasteiger partial charge in [-0.15, -0.1) is 0 Å². The summed E-state index contributed by atoms with van der Waals surface area (Å²) in [6, 6.07) is 11.8. The standard InChI is InChI=1S/C20H18FN5O/c1-27-19-8-7-15(13-26-19)18(11-17(22)20-23-9-4-10-24-20)25-12-14-5-2-3-6-16(14)21/h2-11,13,22,25H,12H2,1H3/b18-11-,22-17?. The molecule has 0 radical (unpaired) electrons. The van der Waals surface area contributed by atoms with Crippen LogP contribution in [0.1, 0.15) is 17.0 Å². The molecule has 6 nitrogen and oxygen atoms in total. The fourth-order valence-electron chi connectivity index (χ4n) is 2.38. The topological polar surface area (TPSA) is 83.8 Å². The van der Waals surface area contributed by atoms with Crippen molar-refractivity contribution in [3.63, 3.8) is 0 Å². The molecule has 27 heavy (non-hydrogen) atoms. The first-order chi connectivity index (χ1) is 13.2. The van der Waals surface area contributed by atoms with Crippen LogP contribution in [0.2, 0.25) is 0 Å². The number of rotatable bonds is 7. The second kappa shape index (κ2) is 8.66. The lowest BCUT2D eigenvalue weighted by Crippen LogP contribution is -2.15. The van der Waals surface area contributed by atoms with Crippen molar-refractivity contribution in [3.8, 4) is 5.88 Å². The van der Waals surface area contributed by atoms with Crippen LogP contribution in [0.4, 0.5) is 4.39 Å². The van der Waals surface area contributed by atoms with Gasteiger partial charge in [0.2, 0.25) is 5.88 Å². The Balaban J connectivity index is 1.89. The Kier molecular flexibility index (Phi) is 5.84. The molecule has 2 N–H and O–H groups in total. The zero-order valence-corrected chi connectivity index (χ0v) is 14.7. The summed E-state index contributed by atoms with van der Waals surface area (Å²) < 4.78 is 19.0. The van der Waals surface area contributed by atoms with Gasteiger partial charge in [0, 0.05) is 48.0 Å². The van der Waals surface area contributed by atoms with Crippen molar-refractivity contribution in [1.29, 1.82) is 5.41 Å². The number of nitrogens with one attached hydrogen (secondary N) is 2. The van der Waals surface area contributed by atoms with E-state index in [9.17, 15) is 4.39 Å². The Hall–Kier alpha value is -3.61. The lowest BCUT2D eigenvalue weighted by molar-refractivity contribution is 0.398. The molecule has 0 atom stereocenters. The van der Waals surface area contributed by atoms with Crippen molar-refractivity contribution in [2.75, 3.05) is 7.11 Å². The number of methoxy groups -OCH3 is 1. The largest absolute Gasteiger partial charge is 0.481 e. The third-order valence-electron chi connectivity index (χ3n) is 3.78. The van der Waals surface area contributed by atoms with Gasteiger partial charge in [-0.25, -0.2) is 19.3 Å². The van der Waals surface area contributed by atoms with Crippen molar-refractivity contribution in [2.24, 2.45) is 0 Å². The number of hydrogen-bond acceptors (Lipinski definition) is 6. The van der Waals surface area contributed by atoms with Crippen molar-refractivity contribution in [1.82, 2.24) is 20.3 Å². The van der Waals surface area contributed by atoms with E-state index in [1.165, 1.54) is 13.2 Å². The Labute approximate surface area is 156 Å². The molecule has 2 aromatic heterocycles. The maximum absolute atomic E-state index is 13.9. The minimum absolute atomic E-state index is 0.127. The molecule has 3 aromatic rings. The Morgan fingerprint density at radius 3 is 2.56 bits per heavy atom. The lowest BCUT2D eigenvalue weighted by Gasteiger charge is -2.13. The summed E-state index contributed by atoms with van der Waals surface area (Å²) in [5.41, 5.74) is 1.98. The highest BCUT2D eigenvalue weighted by atomic mass is 19.1. The van der Waals surface area contributed by atoms with Gasteiger partial charge >= 0.3 is 0 Å². The van der Waals surface area contributed by atoms with Crippen LogP contribution < -0.4 is 10.1 Å². The van der Waals surface area contributed by atoms with E-state index in [-0.39, 0.29) is 18.1 Å². The van der Waals surface area contributed by atoms with Gasteiger partial charge in [-0.1, -0.05) is 18.2 Å². The molecular formula is C20H18FN5O. The fourth-order valence-corrected chi connectivity index (χ4v) is 2.38. The summed E-state index contributed by atoms with van der Waals surface area (Å²) in [6.07, 6.45) is 6.37. The van der Waals surface area contributed by atoms with E-state index in [1.807, 2.05) is 6.07 Å². The number of halogens is 1. The summed E-state index contributed by atoms with van der Waals surface area (Å²) in [6.45, 7) is 0.257. The van der Waals surface area contributed by atoms with Crippen LogP contribution in [0.25, 0.3) is 5.70 Å². The monoisotopic (exact) mass is 363 g/mol. The minimum atomic E-state index is -0.293. The average Bonchev–Trinajstić information content (AvgIpc) is 2.72. The first-order valence-corrected chi connectivity index (χ1v) is 8.22. The highest BCUT2D eigenvalue weighted by molar-refractivity contribution is 6.07. The van der Waals surface area contributed by atoms with E-state index in [4.69, 9.17) is 10.1 Å². The first kappa shape index (κ1) is 18.2. The van der Waals surface area contributed by atoms with Gasteiger partial charge in [-0.05, 0) is 24.3 Å². The molecule has 0 unspecified atom stereocenters. The van der Waals surface area contributed by atoms with Crippen molar-refractivity contribution >= 4 is 11.4 Å². The number of hydrogen-bond donors (Lipinski definition) is 2. The molecule has 0 bridgehead atoms. The second-order valence-electron chi connectivity index (χ2n) is 5.58. The minimum Gasteiger partial charge on any atom is -0.481 e. The molecule has 0 spiro atoms. The maximum atomic E-state index is 13.9. The molecule has 0 aliphatic rings. The third-order valence-corrected chi connectivity index (χ3v) is 3.78.